The van der Waals surface area contributed by atoms with Crippen LogP contribution in [0.2, 0.25) is 0 Å². The zero-order valence-corrected chi connectivity index (χ0v) is 12.0. The van der Waals surface area contributed by atoms with Crippen molar-refractivity contribution in [3.8, 4) is 0 Å². The molecule has 1 N–H and O–H groups in total. The maximum atomic E-state index is 3.63. The molecule has 1 atom stereocenters. The first-order valence-electron chi connectivity index (χ1n) is 7.44. The van der Waals surface area contributed by atoms with E-state index in [0.29, 0.717) is 6.04 Å². The van der Waals surface area contributed by atoms with Gasteiger partial charge in [0.15, 0.2) is 0 Å². The van der Waals surface area contributed by atoms with Crippen LogP contribution in [0.1, 0.15) is 40.0 Å². The molecule has 17 heavy (non-hydrogen) atoms. The SMILES string of the molecule is CCN(CC)CCCC(C)NCCCN1CC1. The van der Waals surface area contributed by atoms with Crippen LogP contribution >= 0.6 is 0 Å². The summed E-state index contributed by atoms with van der Waals surface area (Å²) in [6.07, 6.45) is 3.93. The van der Waals surface area contributed by atoms with Crippen molar-refractivity contribution in [2.24, 2.45) is 0 Å². The van der Waals surface area contributed by atoms with Gasteiger partial charge in [0.05, 0.1) is 0 Å². The van der Waals surface area contributed by atoms with E-state index in [1.165, 1.54) is 65.1 Å². The zero-order valence-electron chi connectivity index (χ0n) is 12.0. The molecule has 1 aliphatic heterocycles. The molecular weight excluding hydrogens is 210 g/mol. The van der Waals surface area contributed by atoms with Gasteiger partial charge in [0.1, 0.15) is 0 Å². The molecule has 0 saturated carbocycles. The van der Waals surface area contributed by atoms with Crippen molar-refractivity contribution in [1.82, 2.24) is 15.1 Å². The summed E-state index contributed by atoms with van der Waals surface area (Å²) in [6, 6.07) is 0.680. The van der Waals surface area contributed by atoms with Gasteiger partial charge in [-0.05, 0) is 58.9 Å². The van der Waals surface area contributed by atoms with Gasteiger partial charge in [-0.15, -0.1) is 0 Å². The van der Waals surface area contributed by atoms with Crippen LogP contribution in [0, 0.1) is 0 Å². The minimum absolute atomic E-state index is 0.680. The molecular formula is C14H31N3. The monoisotopic (exact) mass is 241 g/mol. The van der Waals surface area contributed by atoms with Gasteiger partial charge < -0.3 is 15.1 Å². The second kappa shape index (κ2) is 8.90. The minimum Gasteiger partial charge on any atom is -0.314 e. The van der Waals surface area contributed by atoms with Gasteiger partial charge in [-0.25, -0.2) is 0 Å². The summed E-state index contributed by atoms with van der Waals surface area (Å²) >= 11 is 0. The molecule has 1 aliphatic rings. The summed E-state index contributed by atoms with van der Waals surface area (Å²) in [6.45, 7) is 15.6. The molecule has 1 rings (SSSR count). The van der Waals surface area contributed by atoms with Crippen LogP contribution in [-0.2, 0) is 0 Å². The van der Waals surface area contributed by atoms with Gasteiger partial charge in [-0.3, -0.25) is 0 Å². The van der Waals surface area contributed by atoms with Gasteiger partial charge in [-0.1, -0.05) is 13.8 Å². The molecule has 0 aliphatic carbocycles. The van der Waals surface area contributed by atoms with Crippen molar-refractivity contribution in [3.63, 3.8) is 0 Å². The Hall–Kier alpha value is -0.120. The molecule has 0 radical (unpaired) electrons. The first-order chi connectivity index (χ1) is 8.26. The third kappa shape index (κ3) is 7.74. The lowest BCUT2D eigenvalue weighted by molar-refractivity contribution is 0.290. The predicted octanol–water partition coefficient (Wildman–Crippen LogP) is 1.79. The van der Waals surface area contributed by atoms with Crippen molar-refractivity contribution in [1.29, 1.82) is 0 Å². The Morgan fingerprint density at radius 3 is 2.47 bits per heavy atom. The number of rotatable bonds is 11. The highest BCUT2D eigenvalue weighted by molar-refractivity contribution is 4.72. The Balaban J connectivity index is 1.87. The Labute approximate surface area is 108 Å². The molecule has 102 valence electrons. The highest BCUT2D eigenvalue weighted by atomic mass is 15.3. The predicted molar refractivity (Wildman–Crippen MR) is 75.5 cm³/mol. The van der Waals surface area contributed by atoms with E-state index in [2.05, 4.69) is 35.9 Å². The Morgan fingerprint density at radius 2 is 1.88 bits per heavy atom. The molecule has 1 saturated heterocycles. The Kier molecular flexibility index (Phi) is 7.82. The van der Waals surface area contributed by atoms with Crippen molar-refractivity contribution < 1.29 is 0 Å². The van der Waals surface area contributed by atoms with E-state index in [0.717, 1.165) is 0 Å². The maximum Gasteiger partial charge on any atom is 0.0110 e. The average Bonchev–Trinajstić information content (AvgIpc) is 3.14. The summed E-state index contributed by atoms with van der Waals surface area (Å²) in [7, 11) is 0. The van der Waals surface area contributed by atoms with Crippen LogP contribution < -0.4 is 5.32 Å². The van der Waals surface area contributed by atoms with E-state index in [1.807, 2.05) is 0 Å². The average molecular weight is 241 g/mol. The molecule has 0 spiro atoms. The summed E-state index contributed by atoms with van der Waals surface area (Å²) in [5, 5.41) is 3.63. The Bertz CT molecular complexity index is 176. The normalized spacial score (nSPS) is 17.6. The summed E-state index contributed by atoms with van der Waals surface area (Å²) in [5.41, 5.74) is 0. The first-order valence-corrected chi connectivity index (χ1v) is 7.44. The summed E-state index contributed by atoms with van der Waals surface area (Å²) in [5.74, 6) is 0. The fourth-order valence-corrected chi connectivity index (χ4v) is 2.21. The topological polar surface area (TPSA) is 18.3 Å². The lowest BCUT2D eigenvalue weighted by Crippen LogP contribution is -2.30. The van der Waals surface area contributed by atoms with Crippen LogP contribution in [0.15, 0.2) is 0 Å². The van der Waals surface area contributed by atoms with Gasteiger partial charge in [0, 0.05) is 19.1 Å². The zero-order chi connectivity index (χ0) is 12.5. The molecule has 1 fully saturated rings. The number of nitrogens with zero attached hydrogens (tertiary/aromatic N) is 2. The van der Waals surface area contributed by atoms with Crippen molar-refractivity contribution >= 4 is 0 Å². The van der Waals surface area contributed by atoms with E-state index in [9.17, 15) is 0 Å². The van der Waals surface area contributed by atoms with Gasteiger partial charge in [0.25, 0.3) is 0 Å². The standard InChI is InChI=1S/C14H31N3/c1-4-16(5-2)10-6-8-14(3)15-9-7-11-17-12-13-17/h14-15H,4-13H2,1-3H3. The molecule has 3 heteroatoms. The first kappa shape index (κ1) is 14.9. The van der Waals surface area contributed by atoms with Gasteiger partial charge >= 0.3 is 0 Å². The van der Waals surface area contributed by atoms with Crippen LogP contribution in [0.25, 0.3) is 0 Å². The van der Waals surface area contributed by atoms with Crippen molar-refractivity contribution in [2.45, 2.75) is 46.1 Å². The number of hydrogen-bond acceptors (Lipinski definition) is 3. The third-order valence-corrected chi connectivity index (χ3v) is 3.69. The van der Waals surface area contributed by atoms with E-state index in [1.54, 1.807) is 0 Å². The third-order valence-electron chi connectivity index (χ3n) is 3.69. The van der Waals surface area contributed by atoms with Gasteiger partial charge in [-0.2, -0.15) is 0 Å². The highest BCUT2D eigenvalue weighted by Gasteiger charge is 2.15. The smallest absolute Gasteiger partial charge is 0.0110 e. The van der Waals surface area contributed by atoms with Crippen molar-refractivity contribution in [2.75, 3.05) is 45.8 Å². The van der Waals surface area contributed by atoms with Crippen LogP contribution in [0.4, 0.5) is 0 Å². The molecule has 3 nitrogen and oxygen atoms in total. The van der Waals surface area contributed by atoms with Crippen LogP contribution in [0.3, 0.4) is 0 Å². The summed E-state index contributed by atoms with van der Waals surface area (Å²) in [4.78, 5) is 5.00. The second-order valence-electron chi connectivity index (χ2n) is 5.22. The summed E-state index contributed by atoms with van der Waals surface area (Å²) < 4.78 is 0. The molecule has 0 aromatic rings. The fourth-order valence-electron chi connectivity index (χ4n) is 2.21. The fraction of sp³-hybridized carbons (Fsp3) is 1.00. The van der Waals surface area contributed by atoms with Crippen LogP contribution in [0.5, 0.6) is 0 Å². The van der Waals surface area contributed by atoms with E-state index in [-0.39, 0.29) is 0 Å². The molecule has 1 unspecified atom stereocenters. The molecule has 0 bridgehead atoms. The quantitative estimate of drug-likeness (QED) is 0.439. The Morgan fingerprint density at radius 1 is 1.18 bits per heavy atom. The van der Waals surface area contributed by atoms with E-state index < -0.39 is 0 Å². The largest absolute Gasteiger partial charge is 0.314 e. The second-order valence-corrected chi connectivity index (χ2v) is 5.22. The highest BCUT2D eigenvalue weighted by Crippen LogP contribution is 2.03. The number of hydrogen-bond donors (Lipinski definition) is 1. The maximum absolute atomic E-state index is 3.63. The van der Waals surface area contributed by atoms with Crippen molar-refractivity contribution in [3.05, 3.63) is 0 Å². The molecule has 0 aromatic heterocycles. The van der Waals surface area contributed by atoms with Crippen LogP contribution in [-0.4, -0.2) is 61.7 Å². The van der Waals surface area contributed by atoms with Gasteiger partial charge in [0.2, 0.25) is 0 Å². The number of nitrogens with one attached hydrogen (secondary N) is 1. The molecule has 1 heterocycles. The molecule has 0 amide bonds. The minimum atomic E-state index is 0.680. The lowest BCUT2D eigenvalue weighted by atomic mass is 10.1. The molecule has 0 aromatic carbocycles. The van der Waals surface area contributed by atoms with E-state index in [4.69, 9.17) is 0 Å². The van der Waals surface area contributed by atoms with E-state index >= 15 is 0 Å². The lowest BCUT2D eigenvalue weighted by Gasteiger charge is -2.19.